The van der Waals surface area contributed by atoms with Gasteiger partial charge in [-0.2, -0.15) is 0 Å². The lowest BCUT2D eigenvalue weighted by molar-refractivity contribution is -0.123. The van der Waals surface area contributed by atoms with Gasteiger partial charge in [-0.25, -0.2) is 4.98 Å². The molecule has 21 heavy (non-hydrogen) atoms. The van der Waals surface area contributed by atoms with E-state index in [9.17, 15) is 9.59 Å². The van der Waals surface area contributed by atoms with E-state index in [0.29, 0.717) is 6.54 Å². The topological polar surface area (TPSA) is 55.2 Å². The van der Waals surface area contributed by atoms with Crippen molar-refractivity contribution in [3.05, 3.63) is 70.4 Å². The quantitative estimate of drug-likeness (QED) is 0.797. The van der Waals surface area contributed by atoms with Crippen LogP contribution in [0.25, 0.3) is 6.08 Å². The highest BCUT2D eigenvalue weighted by Gasteiger charge is 1.99. The first-order valence-corrected chi connectivity index (χ1v) is 6.55. The number of nitrogens with zero attached hydrogens (tertiary/aromatic N) is 3. The molecule has 108 valence electrons. The number of carbonyl (C=O) groups excluding carboxylic acids is 1. The maximum Gasteiger partial charge on any atom is 0.253 e. The Morgan fingerprint density at radius 3 is 2.57 bits per heavy atom. The van der Waals surface area contributed by atoms with Crippen molar-refractivity contribution in [2.24, 2.45) is 0 Å². The standard InChI is InChI=1S/C16H17N3O2/c1-18(2)15(20)8-7-13-3-5-14(6-4-13)11-19-12-17-10-9-16(19)21/h3-10,12H,11H2,1-2H3/b8-7+. The monoisotopic (exact) mass is 283 g/mol. The summed E-state index contributed by atoms with van der Waals surface area (Å²) in [5, 5.41) is 0. The molecular formula is C16H17N3O2. The van der Waals surface area contributed by atoms with Gasteiger partial charge in [0.05, 0.1) is 12.9 Å². The number of hydrogen-bond acceptors (Lipinski definition) is 3. The van der Waals surface area contributed by atoms with Crippen molar-refractivity contribution in [3.8, 4) is 0 Å². The molecule has 1 heterocycles. The van der Waals surface area contributed by atoms with E-state index < -0.39 is 0 Å². The second-order valence-electron chi connectivity index (χ2n) is 4.85. The number of benzene rings is 1. The Morgan fingerprint density at radius 1 is 1.24 bits per heavy atom. The van der Waals surface area contributed by atoms with Gasteiger partial charge in [0.2, 0.25) is 5.91 Å². The maximum atomic E-state index is 11.6. The van der Waals surface area contributed by atoms with Crippen molar-refractivity contribution in [1.29, 1.82) is 0 Å². The zero-order chi connectivity index (χ0) is 15.2. The third-order valence-electron chi connectivity index (χ3n) is 2.98. The Labute approximate surface area is 123 Å². The molecule has 2 rings (SSSR count). The van der Waals surface area contributed by atoms with Crippen molar-refractivity contribution < 1.29 is 4.79 Å². The van der Waals surface area contributed by atoms with Gasteiger partial charge >= 0.3 is 0 Å². The van der Waals surface area contributed by atoms with Crippen LogP contribution in [-0.2, 0) is 11.3 Å². The summed E-state index contributed by atoms with van der Waals surface area (Å²) in [4.78, 5) is 28.5. The third kappa shape index (κ3) is 4.14. The van der Waals surface area contributed by atoms with E-state index in [0.717, 1.165) is 11.1 Å². The first kappa shape index (κ1) is 14.7. The van der Waals surface area contributed by atoms with Crippen LogP contribution in [-0.4, -0.2) is 34.5 Å². The Balaban J connectivity index is 2.08. The van der Waals surface area contributed by atoms with E-state index in [2.05, 4.69) is 4.98 Å². The lowest BCUT2D eigenvalue weighted by Gasteiger charge is -2.06. The van der Waals surface area contributed by atoms with Crippen LogP contribution in [0.2, 0.25) is 0 Å². The Kier molecular flexibility index (Phi) is 4.66. The molecule has 1 aromatic heterocycles. The van der Waals surface area contributed by atoms with Crippen molar-refractivity contribution in [1.82, 2.24) is 14.5 Å². The normalized spacial score (nSPS) is 10.8. The fourth-order valence-electron chi connectivity index (χ4n) is 1.74. The van der Waals surface area contributed by atoms with Crippen LogP contribution in [0.5, 0.6) is 0 Å². The number of amides is 1. The Morgan fingerprint density at radius 2 is 1.95 bits per heavy atom. The fraction of sp³-hybridized carbons (Fsp3) is 0.188. The molecule has 0 unspecified atom stereocenters. The van der Waals surface area contributed by atoms with E-state index in [-0.39, 0.29) is 11.5 Å². The average molecular weight is 283 g/mol. The maximum absolute atomic E-state index is 11.6. The van der Waals surface area contributed by atoms with E-state index in [4.69, 9.17) is 0 Å². The molecule has 0 atom stereocenters. The molecule has 0 spiro atoms. The van der Waals surface area contributed by atoms with Gasteiger partial charge in [-0.1, -0.05) is 24.3 Å². The molecule has 2 aromatic rings. The number of rotatable bonds is 4. The molecule has 1 amide bonds. The molecule has 1 aromatic carbocycles. The zero-order valence-electron chi connectivity index (χ0n) is 12.1. The minimum atomic E-state index is -0.0782. The smallest absolute Gasteiger partial charge is 0.253 e. The number of likely N-dealkylation sites (N-methyl/N-ethyl adjacent to an activating group) is 1. The van der Waals surface area contributed by atoms with Gasteiger partial charge < -0.3 is 4.90 Å². The molecule has 0 radical (unpaired) electrons. The van der Waals surface area contributed by atoms with E-state index in [1.165, 1.54) is 29.6 Å². The average Bonchev–Trinajstić information content (AvgIpc) is 2.48. The zero-order valence-corrected chi connectivity index (χ0v) is 12.1. The summed E-state index contributed by atoms with van der Waals surface area (Å²) in [7, 11) is 3.42. The molecule has 0 saturated heterocycles. The van der Waals surface area contributed by atoms with Gasteiger partial charge in [-0.15, -0.1) is 0 Å². The lowest BCUT2D eigenvalue weighted by atomic mass is 10.1. The highest BCUT2D eigenvalue weighted by atomic mass is 16.2. The van der Waals surface area contributed by atoms with Gasteiger partial charge in [-0.05, 0) is 17.2 Å². The van der Waals surface area contributed by atoms with Crippen LogP contribution in [0.3, 0.4) is 0 Å². The van der Waals surface area contributed by atoms with Crippen LogP contribution in [0.1, 0.15) is 11.1 Å². The molecule has 0 aliphatic carbocycles. The van der Waals surface area contributed by atoms with E-state index in [1.54, 1.807) is 24.7 Å². The number of aromatic nitrogens is 2. The van der Waals surface area contributed by atoms with Crippen LogP contribution in [0, 0.1) is 0 Å². The third-order valence-corrected chi connectivity index (χ3v) is 2.98. The summed E-state index contributed by atoms with van der Waals surface area (Å²) < 4.78 is 1.54. The molecule has 0 aliphatic rings. The highest BCUT2D eigenvalue weighted by Crippen LogP contribution is 2.07. The Bertz CT molecular complexity index is 700. The lowest BCUT2D eigenvalue weighted by Crippen LogP contribution is -2.19. The summed E-state index contributed by atoms with van der Waals surface area (Å²) in [6.07, 6.45) is 6.30. The summed E-state index contributed by atoms with van der Waals surface area (Å²) in [5.74, 6) is -0.0546. The van der Waals surface area contributed by atoms with E-state index >= 15 is 0 Å². The van der Waals surface area contributed by atoms with Gasteiger partial charge in [0.15, 0.2) is 0 Å². The molecule has 5 heteroatoms. The van der Waals surface area contributed by atoms with E-state index in [1.807, 2.05) is 24.3 Å². The minimum Gasteiger partial charge on any atom is -0.345 e. The largest absolute Gasteiger partial charge is 0.345 e. The van der Waals surface area contributed by atoms with Crippen molar-refractivity contribution in [3.63, 3.8) is 0 Å². The fourth-order valence-corrected chi connectivity index (χ4v) is 1.74. The van der Waals surface area contributed by atoms with Crippen molar-refractivity contribution in [2.75, 3.05) is 14.1 Å². The first-order chi connectivity index (χ1) is 10.1. The second-order valence-corrected chi connectivity index (χ2v) is 4.85. The summed E-state index contributed by atoms with van der Waals surface area (Å²) in [6, 6.07) is 9.12. The molecule has 0 bridgehead atoms. The predicted octanol–water partition coefficient (Wildman–Crippen LogP) is 1.39. The molecule has 0 saturated carbocycles. The van der Waals surface area contributed by atoms with Crippen LogP contribution < -0.4 is 5.56 Å². The van der Waals surface area contributed by atoms with Crippen LogP contribution in [0.4, 0.5) is 0 Å². The van der Waals surface area contributed by atoms with Crippen molar-refractivity contribution in [2.45, 2.75) is 6.54 Å². The van der Waals surface area contributed by atoms with Crippen LogP contribution >= 0.6 is 0 Å². The molecule has 0 N–H and O–H groups in total. The number of hydrogen-bond donors (Lipinski definition) is 0. The minimum absolute atomic E-state index is 0.0546. The first-order valence-electron chi connectivity index (χ1n) is 6.55. The Hall–Kier alpha value is -2.69. The molecular weight excluding hydrogens is 266 g/mol. The van der Waals surface area contributed by atoms with Gasteiger partial charge in [0.25, 0.3) is 5.56 Å². The van der Waals surface area contributed by atoms with Gasteiger partial charge in [0, 0.05) is 32.4 Å². The second kappa shape index (κ2) is 6.65. The van der Waals surface area contributed by atoms with Gasteiger partial charge in [0.1, 0.15) is 0 Å². The van der Waals surface area contributed by atoms with Crippen LogP contribution in [0.15, 0.2) is 53.7 Å². The van der Waals surface area contributed by atoms with Gasteiger partial charge in [-0.3, -0.25) is 14.2 Å². The van der Waals surface area contributed by atoms with Crippen molar-refractivity contribution >= 4 is 12.0 Å². The highest BCUT2D eigenvalue weighted by molar-refractivity contribution is 5.91. The molecule has 0 fully saturated rings. The molecule has 5 nitrogen and oxygen atoms in total. The molecule has 0 aliphatic heterocycles. The number of carbonyl (C=O) groups is 1. The summed E-state index contributed by atoms with van der Waals surface area (Å²) >= 11 is 0. The predicted molar refractivity (Wildman–Crippen MR) is 81.8 cm³/mol. The summed E-state index contributed by atoms with van der Waals surface area (Å²) in [6.45, 7) is 0.479. The SMILES string of the molecule is CN(C)C(=O)/C=C/c1ccc(Cn2cnccc2=O)cc1. The summed E-state index contributed by atoms with van der Waals surface area (Å²) in [5.41, 5.74) is 1.86.